The number of aryl methyl sites for hydroxylation is 1. The number of nitrogens with zero attached hydrogens (tertiary/aromatic N) is 3. The van der Waals surface area contributed by atoms with Crippen LogP contribution in [0.2, 0.25) is 0 Å². The third kappa shape index (κ3) is 3.16. The second-order valence-electron chi connectivity index (χ2n) is 8.02. The molecule has 3 aromatic rings. The molecule has 0 N–H and O–H groups in total. The zero-order valence-corrected chi connectivity index (χ0v) is 16.1. The summed E-state index contributed by atoms with van der Waals surface area (Å²) in [5, 5.41) is 1.30. The molecule has 2 saturated heterocycles. The highest BCUT2D eigenvalue weighted by Gasteiger charge is 2.25. The normalized spacial score (nSPS) is 20.0. The standard InChI is InChI=1S/C24H27N3/c1-18-15-24(27-14-11-20(17-27)19-7-3-2-4-8-19)22-16-21(9-10-23(22)25-18)26-12-5-6-13-26/h2-4,7-10,15-16,20H,5-6,11-14,17H2,1H3. The van der Waals surface area contributed by atoms with Gasteiger partial charge in [0.05, 0.1) is 5.52 Å². The van der Waals surface area contributed by atoms with Crippen molar-refractivity contribution in [3.05, 3.63) is 65.9 Å². The van der Waals surface area contributed by atoms with Gasteiger partial charge in [-0.15, -0.1) is 0 Å². The molecule has 2 aliphatic rings. The molecule has 3 heteroatoms. The molecular formula is C24H27N3. The van der Waals surface area contributed by atoms with Crippen molar-refractivity contribution in [2.45, 2.75) is 32.1 Å². The molecule has 1 aromatic heterocycles. The molecule has 2 fully saturated rings. The Morgan fingerprint density at radius 2 is 1.70 bits per heavy atom. The lowest BCUT2D eigenvalue weighted by molar-refractivity contribution is 0.775. The van der Waals surface area contributed by atoms with Crippen molar-refractivity contribution in [3.63, 3.8) is 0 Å². The van der Waals surface area contributed by atoms with Gasteiger partial charge in [-0.25, -0.2) is 0 Å². The highest BCUT2D eigenvalue weighted by atomic mass is 15.2. The lowest BCUT2D eigenvalue weighted by Gasteiger charge is -2.23. The van der Waals surface area contributed by atoms with E-state index in [2.05, 4.69) is 71.3 Å². The van der Waals surface area contributed by atoms with Crippen LogP contribution in [0.25, 0.3) is 10.9 Å². The van der Waals surface area contributed by atoms with Crippen LogP contribution < -0.4 is 9.80 Å². The summed E-state index contributed by atoms with van der Waals surface area (Å²) in [7, 11) is 0. The lowest BCUT2D eigenvalue weighted by Crippen LogP contribution is -2.20. The average Bonchev–Trinajstić information content (AvgIpc) is 3.40. The van der Waals surface area contributed by atoms with Gasteiger partial charge in [0.2, 0.25) is 0 Å². The highest BCUT2D eigenvalue weighted by Crippen LogP contribution is 2.36. The fourth-order valence-electron chi connectivity index (χ4n) is 4.73. The third-order valence-corrected chi connectivity index (χ3v) is 6.17. The summed E-state index contributed by atoms with van der Waals surface area (Å²) in [4.78, 5) is 9.89. The Kier molecular flexibility index (Phi) is 4.23. The number of fused-ring (bicyclic) bond motifs is 1. The van der Waals surface area contributed by atoms with Gasteiger partial charge in [0, 0.05) is 54.6 Å². The number of anilines is 2. The first-order valence-corrected chi connectivity index (χ1v) is 10.2. The minimum Gasteiger partial charge on any atom is -0.372 e. The van der Waals surface area contributed by atoms with E-state index in [1.54, 1.807) is 0 Å². The molecule has 3 nitrogen and oxygen atoms in total. The molecule has 3 heterocycles. The van der Waals surface area contributed by atoms with Crippen molar-refractivity contribution < 1.29 is 0 Å². The maximum absolute atomic E-state index is 4.81. The first-order valence-electron chi connectivity index (χ1n) is 10.2. The van der Waals surface area contributed by atoms with Crippen molar-refractivity contribution in [3.8, 4) is 0 Å². The molecule has 5 rings (SSSR count). The maximum atomic E-state index is 4.81. The summed E-state index contributed by atoms with van der Waals surface area (Å²) in [6.07, 6.45) is 3.84. The van der Waals surface area contributed by atoms with Crippen LogP contribution in [0.3, 0.4) is 0 Å². The van der Waals surface area contributed by atoms with Crippen molar-refractivity contribution in [2.75, 3.05) is 36.0 Å². The summed E-state index contributed by atoms with van der Waals surface area (Å²) in [5.74, 6) is 0.622. The van der Waals surface area contributed by atoms with Gasteiger partial charge in [0.25, 0.3) is 0 Å². The number of aromatic nitrogens is 1. The second kappa shape index (κ2) is 6.88. The summed E-state index contributed by atoms with van der Waals surface area (Å²) in [6, 6.07) is 20.1. The van der Waals surface area contributed by atoms with E-state index < -0.39 is 0 Å². The molecule has 0 bridgehead atoms. The van der Waals surface area contributed by atoms with Crippen molar-refractivity contribution in [2.24, 2.45) is 0 Å². The predicted octanol–water partition coefficient (Wildman–Crippen LogP) is 5.14. The monoisotopic (exact) mass is 357 g/mol. The molecule has 0 saturated carbocycles. The maximum Gasteiger partial charge on any atom is 0.0727 e. The van der Waals surface area contributed by atoms with Gasteiger partial charge in [0.15, 0.2) is 0 Å². The number of rotatable bonds is 3. The molecule has 0 amide bonds. The van der Waals surface area contributed by atoms with E-state index in [1.807, 2.05) is 0 Å². The Morgan fingerprint density at radius 3 is 2.52 bits per heavy atom. The predicted molar refractivity (Wildman–Crippen MR) is 114 cm³/mol. The molecule has 0 spiro atoms. The number of hydrogen-bond acceptors (Lipinski definition) is 3. The Labute approximate surface area is 161 Å². The van der Waals surface area contributed by atoms with Crippen LogP contribution in [-0.2, 0) is 0 Å². The molecule has 0 radical (unpaired) electrons. The van der Waals surface area contributed by atoms with Gasteiger partial charge < -0.3 is 9.80 Å². The molecular weight excluding hydrogens is 330 g/mol. The summed E-state index contributed by atoms with van der Waals surface area (Å²) < 4.78 is 0. The fraction of sp³-hybridized carbons (Fsp3) is 0.375. The number of pyridine rings is 1. The van der Waals surface area contributed by atoms with Crippen LogP contribution in [0.15, 0.2) is 54.6 Å². The fourth-order valence-corrected chi connectivity index (χ4v) is 4.73. The quantitative estimate of drug-likeness (QED) is 0.647. The first kappa shape index (κ1) is 16.6. The average molecular weight is 358 g/mol. The van der Waals surface area contributed by atoms with E-state index >= 15 is 0 Å². The SMILES string of the molecule is Cc1cc(N2CCC(c3ccccc3)C2)c2cc(N3CCCC3)ccc2n1. The topological polar surface area (TPSA) is 19.4 Å². The van der Waals surface area contributed by atoms with Crippen LogP contribution in [0, 0.1) is 6.92 Å². The number of hydrogen-bond donors (Lipinski definition) is 0. The second-order valence-corrected chi connectivity index (χ2v) is 8.02. The van der Waals surface area contributed by atoms with Crippen LogP contribution in [0.1, 0.15) is 36.4 Å². The Morgan fingerprint density at radius 1 is 0.889 bits per heavy atom. The minimum atomic E-state index is 0.622. The largest absolute Gasteiger partial charge is 0.372 e. The van der Waals surface area contributed by atoms with Crippen LogP contribution in [0.4, 0.5) is 11.4 Å². The summed E-state index contributed by atoms with van der Waals surface area (Å²) in [5.41, 5.74) is 6.40. The van der Waals surface area contributed by atoms with E-state index in [0.717, 1.165) is 24.3 Å². The summed E-state index contributed by atoms with van der Waals surface area (Å²) in [6.45, 7) is 6.69. The van der Waals surface area contributed by atoms with Gasteiger partial charge in [-0.1, -0.05) is 30.3 Å². The van der Waals surface area contributed by atoms with Crippen molar-refractivity contribution in [1.82, 2.24) is 4.98 Å². The molecule has 2 aliphatic heterocycles. The zero-order chi connectivity index (χ0) is 18.2. The van der Waals surface area contributed by atoms with Gasteiger partial charge >= 0.3 is 0 Å². The van der Waals surface area contributed by atoms with Crippen molar-refractivity contribution in [1.29, 1.82) is 0 Å². The van der Waals surface area contributed by atoms with Crippen LogP contribution in [-0.4, -0.2) is 31.2 Å². The first-order chi connectivity index (χ1) is 13.3. The molecule has 0 aliphatic carbocycles. The molecule has 138 valence electrons. The molecule has 2 aromatic carbocycles. The number of benzene rings is 2. The highest BCUT2D eigenvalue weighted by molar-refractivity contribution is 5.94. The van der Waals surface area contributed by atoms with E-state index in [-0.39, 0.29) is 0 Å². The van der Waals surface area contributed by atoms with E-state index in [0.29, 0.717) is 5.92 Å². The van der Waals surface area contributed by atoms with Crippen LogP contribution >= 0.6 is 0 Å². The Hall–Kier alpha value is -2.55. The van der Waals surface area contributed by atoms with Gasteiger partial charge in [-0.05, 0) is 56.0 Å². The van der Waals surface area contributed by atoms with Gasteiger partial charge in [-0.3, -0.25) is 4.98 Å². The van der Waals surface area contributed by atoms with Crippen LogP contribution in [0.5, 0.6) is 0 Å². The van der Waals surface area contributed by atoms with Gasteiger partial charge in [0.1, 0.15) is 0 Å². The molecule has 1 atom stereocenters. The van der Waals surface area contributed by atoms with Crippen molar-refractivity contribution >= 4 is 22.3 Å². The van der Waals surface area contributed by atoms with Gasteiger partial charge in [-0.2, -0.15) is 0 Å². The van der Waals surface area contributed by atoms with E-state index in [1.165, 1.54) is 54.7 Å². The van der Waals surface area contributed by atoms with E-state index in [4.69, 9.17) is 4.98 Å². The Balaban J connectivity index is 1.51. The van der Waals surface area contributed by atoms with E-state index in [9.17, 15) is 0 Å². The third-order valence-electron chi connectivity index (χ3n) is 6.17. The Bertz CT molecular complexity index is 945. The smallest absolute Gasteiger partial charge is 0.0727 e. The lowest BCUT2D eigenvalue weighted by atomic mass is 9.99. The molecule has 1 unspecified atom stereocenters. The molecule has 27 heavy (non-hydrogen) atoms. The zero-order valence-electron chi connectivity index (χ0n) is 16.1. The summed E-state index contributed by atoms with van der Waals surface area (Å²) >= 11 is 0. The minimum absolute atomic E-state index is 0.622.